The largest absolute Gasteiger partial charge is 0.493 e. The Morgan fingerprint density at radius 1 is 1.41 bits per heavy atom. The van der Waals surface area contributed by atoms with Gasteiger partial charge in [0.25, 0.3) is 0 Å². The number of nitrogens with zero attached hydrogens (tertiary/aromatic N) is 1. The molecule has 0 N–H and O–H groups in total. The van der Waals surface area contributed by atoms with Crippen molar-refractivity contribution in [2.75, 3.05) is 6.61 Å². The van der Waals surface area contributed by atoms with E-state index in [1.54, 1.807) is 6.08 Å². The third-order valence-electron chi connectivity index (χ3n) is 3.54. The van der Waals surface area contributed by atoms with Crippen molar-refractivity contribution in [1.82, 2.24) is 0 Å². The first kappa shape index (κ1) is 10.5. The predicted octanol–water partition coefficient (Wildman–Crippen LogP) is 2.80. The van der Waals surface area contributed by atoms with Gasteiger partial charge in [-0.2, -0.15) is 4.99 Å². The van der Waals surface area contributed by atoms with Gasteiger partial charge in [-0.3, -0.25) is 0 Å². The molecule has 0 bridgehead atoms. The van der Waals surface area contributed by atoms with Crippen LogP contribution >= 0.6 is 0 Å². The first-order valence-corrected chi connectivity index (χ1v) is 6.15. The van der Waals surface area contributed by atoms with Gasteiger partial charge < -0.3 is 4.74 Å². The molecule has 0 amide bonds. The highest BCUT2D eigenvalue weighted by Crippen LogP contribution is 2.49. The van der Waals surface area contributed by atoms with Crippen LogP contribution in [0.2, 0.25) is 0 Å². The molecule has 17 heavy (non-hydrogen) atoms. The monoisotopic (exact) mass is 229 g/mol. The molecule has 2 aliphatic rings. The molecule has 0 atom stereocenters. The van der Waals surface area contributed by atoms with E-state index in [-0.39, 0.29) is 5.54 Å². The van der Waals surface area contributed by atoms with Crippen molar-refractivity contribution in [3.05, 3.63) is 29.8 Å². The van der Waals surface area contributed by atoms with Crippen molar-refractivity contribution in [2.24, 2.45) is 10.9 Å². The fourth-order valence-corrected chi connectivity index (χ4v) is 2.04. The van der Waals surface area contributed by atoms with E-state index >= 15 is 0 Å². The highest BCUT2D eigenvalue weighted by molar-refractivity contribution is 5.43. The van der Waals surface area contributed by atoms with Crippen LogP contribution in [-0.4, -0.2) is 12.7 Å². The normalized spacial score (nSPS) is 20.5. The lowest BCUT2D eigenvalue weighted by molar-refractivity contribution is 0.299. The minimum Gasteiger partial charge on any atom is -0.493 e. The fraction of sp³-hybridized carbons (Fsp3) is 0.500. The molecule has 0 aromatic heterocycles. The van der Waals surface area contributed by atoms with Gasteiger partial charge >= 0.3 is 0 Å². The summed E-state index contributed by atoms with van der Waals surface area (Å²) < 4.78 is 5.73. The van der Waals surface area contributed by atoms with Crippen molar-refractivity contribution >= 4 is 6.08 Å². The lowest BCUT2D eigenvalue weighted by atomic mass is 10.1. The van der Waals surface area contributed by atoms with Gasteiger partial charge in [0.05, 0.1) is 12.1 Å². The molecule has 3 heteroatoms. The average Bonchev–Trinajstić information content (AvgIpc) is 3.23. The van der Waals surface area contributed by atoms with E-state index in [1.165, 1.54) is 12.8 Å². The zero-order valence-electron chi connectivity index (χ0n) is 9.69. The van der Waals surface area contributed by atoms with Crippen LogP contribution in [0, 0.1) is 5.92 Å². The van der Waals surface area contributed by atoms with Gasteiger partial charge in [0, 0.05) is 0 Å². The van der Waals surface area contributed by atoms with Gasteiger partial charge in [0.2, 0.25) is 6.08 Å². The maximum absolute atomic E-state index is 10.4. The van der Waals surface area contributed by atoms with Crippen LogP contribution in [0.5, 0.6) is 5.75 Å². The molecule has 1 aromatic rings. The molecule has 1 aromatic carbocycles. The first-order chi connectivity index (χ1) is 8.32. The van der Waals surface area contributed by atoms with Gasteiger partial charge in [-0.1, -0.05) is 12.1 Å². The van der Waals surface area contributed by atoms with Crippen LogP contribution in [0.1, 0.15) is 31.2 Å². The quantitative estimate of drug-likeness (QED) is 0.575. The summed E-state index contributed by atoms with van der Waals surface area (Å²) in [5.74, 6) is 1.64. The SMILES string of the molecule is O=C=NC1(c2cccc(OCC3CC3)c2)CC1. The average molecular weight is 229 g/mol. The topological polar surface area (TPSA) is 38.7 Å². The summed E-state index contributed by atoms with van der Waals surface area (Å²) in [6.07, 6.45) is 6.14. The molecule has 3 rings (SSSR count). The summed E-state index contributed by atoms with van der Waals surface area (Å²) in [6.45, 7) is 0.813. The minimum absolute atomic E-state index is 0.291. The Kier molecular flexibility index (Phi) is 2.49. The Morgan fingerprint density at radius 2 is 2.24 bits per heavy atom. The molecule has 0 spiro atoms. The van der Waals surface area contributed by atoms with Gasteiger partial charge in [0.1, 0.15) is 5.75 Å². The molecule has 0 aliphatic heterocycles. The fourth-order valence-electron chi connectivity index (χ4n) is 2.04. The van der Waals surface area contributed by atoms with E-state index in [4.69, 9.17) is 4.74 Å². The molecular formula is C14H15NO2. The van der Waals surface area contributed by atoms with E-state index in [2.05, 4.69) is 4.99 Å². The Bertz CT molecular complexity index is 469. The smallest absolute Gasteiger partial charge is 0.235 e. The van der Waals surface area contributed by atoms with E-state index in [9.17, 15) is 4.79 Å². The number of benzene rings is 1. The summed E-state index contributed by atoms with van der Waals surface area (Å²) in [5, 5.41) is 0. The summed E-state index contributed by atoms with van der Waals surface area (Å²) in [6, 6.07) is 7.96. The maximum atomic E-state index is 10.4. The standard InChI is InChI=1S/C14H15NO2/c16-10-15-14(6-7-14)12-2-1-3-13(8-12)17-9-11-4-5-11/h1-3,8,11H,4-7,9H2. The van der Waals surface area contributed by atoms with Gasteiger partial charge in [-0.05, 0) is 49.3 Å². The maximum Gasteiger partial charge on any atom is 0.235 e. The Balaban J connectivity index is 1.76. The molecule has 0 unspecified atom stereocenters. The van der Waals surface area contributed by atoms with Crippen molar-refractivity contribution < 1.29 is 9.53 Å². The minimum atomic E-state index is -0.291. The van der Waals surface area contributed by atoms with Crippen LogP contribution in [0.15, 0.2) is 29.3 Å². The zero-order valence-corrected chi connectivity index (χ0v) is 9.69. The predicted molar refractivity (Wildman–Crippen MR) is 63.7 cm³/mol. The highest BCUT2D eigenvalue weighted by atomic mass is 16.5. The zero-order chi connectivity index (χ0) is 11.7. The lowest BCUT2D eigenvalue weighted by Gasteiger charge is -2.11. The van der Waals surface area contributed by atoms with Crippen LogP contribution in [-0.2, 0) is 10.3 Å². The molecule has 0 saturated heterocycles. The molecular weight excluding hydrogens is 214 g/mol. The molecule has 0 radical (unpaired) electrons. The number of hydrogen-bond donors (Lipinski definition) is 0. The van der Waals surface area contributed by atoms with Crippen LogP contribution in [0.25, 0.3) is 0 Å². The summed E-state index contributed by atoms with van der Waals surface area (Å²) in [7, 11) is 0. The van der Waals surface area contributed by atoms with Crippen LogP contribution in [0.4, 0.5) is 0 Å². The van der Waals surface area contributed by atoms with Crippen molar-refractivity contribution in [1.29, 1.82) is 0 Å². The van der Waals surface area contributed by atoms with Gasteiger partial charge in [-0.25, -0.2) is 4.79 Å². The van der Waals surface area contributed by atoms with Crippen molar-refractivity contribution in [3.8, 4) is 5.75 Å². The van der Waals surface area contributed by atoms with Gasteiger partial charge in [-0.15, -0.1) is 0 Å². The van der Waals surface area contributed by atoms with Crippen LogP contribution in [0.3, 0.4) is 0 Å². The summed E-state index contributed by atoms with van der Waals surface area (Å²) >= 11 is 0. The van der Waals surface area contributed by atoms with Crippen molar-refractivity contribution in [3.63, 3.8) is 0 Å². The Morgan fingerprint density at radius 3 is 2.88 bits per heavy atom. The first-order valence-electron chi connectivity index (χ1n) is 6.15. The van der Waals surface area contributed by atoms with E-state index in [0.29, 0.717) is 0 Å². The number of hydrogen-bond acceptors (Lipinski definition) is 3. The number of ether oxygens (including phenoxy) is 1. The number of isocyanates is 1. The Hall–Kier alpha value is -1.60. The van der Waals surface area contributed by atoms with Gasteiger partial charge in [0.15, 0.2) is 0 Å². The molecule has 0 heterocycles. The van der Waals surface area contributed by atoms with E-state index in [0.717, 1.165) is 36.7 Å². The third kappa shape index (κ3) is 2.25. The second kappa shape index (κ2) is 4.01. The number of carbonyl (C=O) groups excluding carboxylic acids is 1. The molecule has 88 valence electrons. The molecule has 2 fully saturated rings. The number of rotatable bonds is 5. The highest BCUT2D eigenvalue weighted by Gasteiger charge is 2.44. The second-order valence-electron chi connectivity index (χ2n) is 5.02. The Labute approximate surface area is 101 Å². The van der Waals surface area contributed by atoms with Crippen LogP contribution < -0.4 is 4.74 Å². The number of aliphatic imine (C=N–C) groups is 1. The van der Waals surface area contributed by atoms with E-state index in [1.807, 2.05) is 24.3 Å². The second-order valence-corrected chi connectivity index (χ2v) is 5.02. The summed E-state index contributed by atoms with van der Waals surface area (Å²) in [4.78, 5) is 14.3. The van der Waals surface area contributed by atoms with E-state index < -0.39 is 0 Å². The molecule has 2 aliphatic carbocycles. The summed E-state index contributed by atoms with van der Waals surface area (Å²) in [5.41, 5.74) is 0.787. The third-order valence-corrected chi connectivity index (χ3v) is 3.54. The molecule has 2 saturated carbocycles. The lowest BCUT2D eigenvalue weighted by Crippen LogP contribution is -2.04. The van der Waals surface area contributed by atoms with Crippen molar-refractivity contribution in [2.45, 2.75) is 31.2 Å². The molecule has 3 nitrogen and oxygen atoms in total.